The zero-order chi connectivity index (χ0) is 12.3. The maximum absolute atomic E-state index is 6.04. The van der Waals surface area contributed by atoms with Gasteiger partial charge in [-0.05, 0) is 38.4 Å². The number of aryl methyl sites for hydroxylation is 1. The Morgan fingerprint density at radius 3 is 2.65 bits per heavy atom. The van der Waals surface area contributed by atoms with Crippen molar-refractivity contribution in [1.29, 1.82) is 0 Å². The number of rotatable bonds is 3. The van der Waals surface area contributed by atoms with Crippen molar-refractivity contribution < 1.29 is 0 Å². The summed E-state index contributed by atoms with van der Waals surface area (Å²) in [5.41, 5.74) is 9.54. The average molecular weight is 232 g/mol. The summed E-state index contributed by atoms with van der Waals surface area (Å²) in [5.74, 6) is 0. The van der Waals surface area contributed by atoms with E-state index in [0.717, 1.165) is 18.3 Å². The van der Waals surface area contributed by atoms with Crippen LogP contribution < -0.4 is 5.73 Å². The fourth-order valence-corrected chi connectivity index (χ4v) is 2.79. The minimum absolute atomic E-state index is 0.753. The number of hydrogen-bond acceptors (Lipinski definition) is 2. The highest BCUT2D eigenvalue weighted by Crippen LogP contribution is 2.24. The van der Waals surface area contributed by atoms with Crippen molar-refractivity contribution in [2.45, 2.75) is 51.6 Å². The molecule has 0 aromatic heterocycles. The maximum Gasteiger partial charge on any atom is 0.0359 e. The molecular formula is C15H24N2. The summed E-state index contributed by atoms with van der Waals surface area (Å²) in [6.45, 7) is 3.11. The lowest BCUT2D eigenvalue weighted by molar-refractivity contribution is 0.185. The van der Waals surface area contributed by atoms with Crippen molar-refractivity contribution >= 4 is 5.69 Å². The lowest BCUT2D eigenvalue weighted by atomic mass is 9.94. The predicted octanol–water partition coefficient (Wildman–Crippen LogP) is 3.34. The van der Waals surface area contributed by atoms with Crippen LogP contribution in [0.2, 0.25) is 0 Å². The molecular weight excluding hydrogens is 208 g/mol. The van der Waals surface area contributed by atoms with E-state index in [1.54, 1.807) is 0 Å². The first-order valence-corrected chi connectivity index (χ1v) is 6.72. The zero-order valence-corrected chi connectivity index (χ0v) is 11.1. The molecule has 0 spiro atoms. The van der Waals surface area contributed by atoms with Crippen molar-refractivity contribution in [2.75, 3.05) is 12.8 Å². The van der Waals surface area contributed by atoms with Gasteiger partial charge in [0.05, 0.1) is 0 Å². The Morgan fingerprint density at radius 1 is 1.24 bits per heavy atom. The predicted molar refractivity (Wildman–Crippen MR) is 73.9 cm³/mol. The van der Waals surface area contributed by atoms with E-state index in [4.69, 9.17) is 5.73 Å². The average Bonchev–Trinajstić information content (AvgIpc) is 2.35. The fourth-order valence-electron chi connectivity index (χ4n) is 2.79. The van der Waals surface area contributed by atoms with Crippen molar-refractivity contribution in [2.24, 2.45) is 0 Å². The molecule has 0 saturated heterocycles. The van der Waals surface area contributed by atoms with Gasteiger partial charge in [0.2, 0.25) is 0 Å². The van der Waals surface area contributed by atoms with Gasteiger partial charge >= 0.3 is 0 Å². The quantitative estimate of drug-likeness (QED) is 0.810. The molecule has 0 heterocycles. The summed E-state index contributed by atoms with van der Waals surface area (Å²) in [6, 6.07) is 7.08. The third-order valence-electron chi connectivity index (χ3n) is 3.92. The van der Waals surface area contributed by atoms with Crippen molar-refractivity contribution in [3.8, 4) is 0 Å². The van der Waals surface area contributed by atoms with E-state index in [2.05, 4.69) is 31.0 Å². The molecule has 2 rings (SSSR count). The highest BCUT2D eigenvalue weighted by Gasteiger charge is 2.18. The minimum atomic E-state index is 0.753. The molecule has 2 N–H and O–H groups in total. The van der Waals surface area contributed by atoms with Crippen LogP contribution in [0.15, 0.2) is 18.2 Å². The first kappa shape index (κ1) is 12.4. The van der Waals surface area contributed by atoms with Gasteiger partial charge in [-0.25, -0.2) is 0 Å². The Balaban J connectivity index is 2.01. The number of nitrogens with zero attached hydrogens (tertiary/aromatic N) is 1. The van der Waals surface area contributed by atoms with Crippen LogP contribution in [0.25, 0.3) is 0 Å². The summed E-state index contributed by atoms with van der Waals surface area (Å²) >= 11 is 0. The molecule has 0 aliphatic heterocycles. The van der Waals surface area contributed by atoms with Crippen LogP contribution in [-0.4, -0.2) is 18.0 Å². The summed E-state index contributed by atoms with van der Waals surface area (Å²) < 4.78 is 0. The van der Waals surface area contributed by atoms with Crippen LogP contribution in [0.5, 0.6) is 0 Å². The summed E-state index contributed by atoms with van der Waals surface area (Å²) in [5, 5.41) is 0. The molecule has 0 atom stereocenters. The molecule has 1 aliphatic rings. The van der Waals surface area contributed by atoms with Crippen molar-refractivity contribution in [1.82, 2.24) is 4.90 Å². The number of anilines is 1. The molecule has 1 saturated carbocycles. The number of benzene rings is 1. The van der Waals surface area contributed by atoms with Gasteiger partial charge in [-0.2, -0.15) is 0 Å². The van der Waals surface area contributed by atoms with E-state index in [-0.39, 0.29) is 0 Å². The van der Waals surface area contributed by atoms with E-state index < -0.39 is 0 Å². The van der Waals surface area contributed by atoms with Crippen LogP contribution in [0, 0.1) is 6.92 Å². The van der Waals surface area contributed by atoms with Gasteiger partial charge in [0.15, 0.2) is 0 Å². The molecule has 1 aromatic rings. The monoisotopic (exact) mass is 232 g/mol. The molecule has 2 nitrogen and oxygen atoms in total. The van der Waals surface area contributed by atoms with Crippen LogP contribution in [0.4, 0.5) is 5.69 Å². The fraction of sp³-hybridized carbons (Fsp3) is 0.600. The van der Waals surface area contributed by atoms with Gasteiger partial charge in [-0.3, -0.25) is 4.90 Å². The van der Waals surface area contributed by atoms with E-state index in [1.807, 2.05) is 6.07 Å². The van der Waals surface area contributed by atoms with Crippen LogP contribution >= 0.6 is 0 Å². The molecule has 2 heteroatoms. The molecule has 17 heavy (non-hydrogen) atoms. The van der Waals surface area contributed by atoms with Gasteiger partial charge in [-0.1, -0.05) is 37.0 Å². The Kier molecular flexibility index (Phi) is 4.06. The zero-order valence-electron chi connectivity index (χ0n) is 11.1. The summed E-state index contributed by atoms with van der Waals surface area (Å²) in [6.07, 6.45) is 6.89. The summed E-state index contributed by atoms with van der Waals surface area (Å²) in [4.78, 5) is 2.48. The lowest BCUT2D eigenvalue weighted by Gasteiger charge is -2.31. The smallest absolute Gasteiger partial charge is 0.0359 e. The standard InChI is InChI=1S/C15H24N2/c1-12-8-9-15(16)13(10-12)11-17(2)14-6-4-3-5-7-14/h8-10,14H,3-7,11,16H2,1-2H3. The number of nitrogen functional groups attached to an aromatic ring is 1. The van der Waals surface area contributed by atoms with Crippen molar-refractivity contribution in [3.05, 3.63) is 29.3 Å². The van der Waals surface area contributed by atoms with Crippen molar-refractivity contribution in [3.63, 3.8) is 0 Å². The molecule has 0 bridgehead atoms. The molecule has 1 fully saturated rings. The third kappa shape index (κ3) is 3.22. The largest absolute Gasteiger partial charge is 0.398 e. The SMILES string of the molecule is Cc1ccc(N)c(CN(C)C2CCCCC2)c1. The van der Waals surface area contributed by atoms with E-state index in [1.165, 1.54) is 43.2 Å². The molecule has 1 aromatic carbocycles. The summed E-state index contributed by atoms with van der Waals surface area (Å²) in [7, 11) is 2.23. The van der Waals surface area contributed by atoms with Crippen LogP contribution in [-0.2, 0) is 6.54 Å². The Labute approximate surface area is 105 Å². The minimum Gasteiger partial charge on any atom is -0.398 e. The number of hydrogen-bond donors (Lipinski definition) is 1. The van der Waals surface area contributed by atoms with E-state index in [0.29, 0.717) is 0 Å². The normalized spacial score (nSPS) is 17.6. The van der Waals surface area contributed by atoms with Crippen LogP contribution in [0.1, 0.15) is 43.2 Å². The maximum atomic E-state index is 6.04. The molecule has 1 aliphatic carbocycles. The number of nitrogens with two attached hydrogens (primary N) is 1. The first-order valence-electron chi connectivity index (χ1n) is 6.72. The van der Waals surface area contributed by atoms with Gasteiger partial charge in [0.1, 0.15) is 0 Å². The third-order valence-corrected chi connectivity index (χ3v) is 3.92. The second kappa shape index (κ2) is 5.54. The van der Waals surface area contributed by atoms with Crippen LogP contribution in [0.3, 0.4) is 0 Å². The second-order valence-electron chi connectivity index (χ2n) is 5.41. The molecule has 0 unspecified atom stereocenters. The molecule has 0 amide bonds. The van der Waals surface area contributed by atoms with Gasteiger partial charge in [0.25, 0.3) is 0 Å². The second-order valence-corrected chi connectivity index (χ2v) is 5.41. The van der Waals surface area contributed by atoms with Gasteiger partial charge in [0, 0.05) is 18.3 Å². The highest BCUT2D eigenvalue weighted by molar-refractivity contribution is 5.48. The Bertz CT molecular complexity index is 367. The van der Waals surface area contributed by atoms with E-state index >= 15 is 0 Å². The van der Waals surface area contributed by atoms with E-state index in [9.17, 15) is 0 Å². The Morgan fingerprint density at radius 2 is 1.94 bits per heavy atom. The topological polar surface area (TPSA) is 29.3 Å². The van der Waals surface area contributed by atoms with Gasteiger partial charge in [-0.15, -0.1) is 0 Å². The molecule has 94 valence electrons. The van der Waals surface area contributed by atoms with Gasteiger partial charge < -0.3 is 5.73 Å². The first-order chi connectivity index (χ1) is 8.16. The Hall–Kier alpha value is -1.02. The lowest BCUT2D eigenvalue weighted by Crippen LogP contribution is -2.33. The molecule has 0 radical (unpaired) electrons. The highest BCUT2D eigenvalue weighted by atomic mass is 15.1.